The highest BCUT2D eigenvalue weighted by Gasteiger charge is 2.35. The molecule has 10 heteroatoms. The Morgan fingerprint density at radius 1 is 1.06 bits per heavy atom. The van der Waals surface area contributed by atoms with Crippen LogP contribution in [-0.2, 0) is 4.79 Å². The first-order valence-electron chi connectivity index (χ1n) is 12.0. The van der Waals surface area contributed by atoms with Gasteiger partial charge in [0.2, 0.25) is 5.91 Å². The van der Waals surface area contributed by atoms with Crippen LogP contribution in [0.3, 0.4) is 0 Å². The van der Waals surface area contributed by atoms with Crippen molar-refractivity contribution in [3.05, 3.63) is 60.4 Å². The van der Waals surface area contributed by atoms with E-state index in [1.807, 2.05) is 29.9 Å². The van der Waals surface area contributed by atoms with E-state index in [0.29, 0.717) is 23.5 Å². The first-order valence-corrected chi connectivity index (χ1v) is 12.0. The fraction of sp³-hybridized carbons (Fsp3) is 0.346. The summed E-state index contributed by atoms with van der Waals surface area (Å²) in [4.78, 5) is 28.6. The molecule has 1 saturated heterocycles. The molecule has 1 fully saturated rings. The van der Waals surface area contributed by atoms with Crippen LogP contribution >= 0.6 is 0 Å². The highest BCUT2D eigenvalue weighted by Crippen LogP contribution is 2.39. The van der Waals surface area contributed by atoms with Crippen molar-refractivity contribution in [1.29, 1.82) is 0 Å². The molecule has 0 spiro atoms. The van der Waals surface area contributed by atoms with Crippen molar-refractivity contribution < 1.29 is 23.1 Å². The first kappa shape index (κ1) is 23.9. The molecule has 1 aromatic heterocycles. The van der Waals surface area contributed by atoms with Gasteiger partial charge in [0.25, 0.3) is 0 Å². The summed E-state index contributed by atoms with van der Waals surface area (Å²) in [6.07, 6.45) is 4.95. The summed E-state index contributed by atoms with van der Waals surface area (Å²) < 4.78 is 34.7. The standard InChI is InChI=1S/C26H27F2N5O3/c1-16-14-31(26(35)36-25-6-4-20(27)12-22(25)28)24-11-18(3-5-23(24)33(16)17(2)34)19-13-30-32(15-19)21-7-9-29-10-8-21/h3-6,11-13,15-16,21,29H,7-10,14H2,1-2H3/t16-/m0/s1. The molecular weight excluding hydrogens is 468 g/mol. The number of piperidine rings is 1. The van der Waals surface area contributed by atoms with Gasteiger partial charge in [0.15, 0.2) is 11.6 Å². The van der Waals surface area contributed by atoms with E-state index in [4.69, 9.17) is 4.74 Å². The van der Waals surface area contributed by atoms with E-state index in [-0.39, 0.29) is 24.2 Å². The third-order valence-electron chi connectivity index (χ3n) is 6.68. The molecule has 5 rings (SSSR count). The Morgan fingerprint density at radius 3 is 2.56 bits per heavy atom. The average Bonchev–Trinajstić information content (AvgIpc) is 3.35. The Hall–Kier alpha value is -3.79. The molecule has 3 aromatic rings. The Labute approximate surface area is 207 Å². The van der Waals surface area contributed by atoms with Crippen LogP contribution in [0.4, 0.5) is 25.0 Å². The van der Waals surface area contributed by atoms with Gasteiger partial charge in [-0.05, 0) is 62.7 Å². The fourth-order valence-electron chi connectivity index (χ4n) is 4.92. The normalized spacial score (nSPS) is 18.2. The van der Waals surface area contributed by atoms with Crippen LogP contribution in [0, 0.1) is 11.6 Å². The second-order valence-corrected chi connectivity index (χ2v) is 9.19. The number of fused-ring (bicyclic) bond motifs is 1. The van der Waals surface area contributed by atoms with Crippen LogP contribution in [0.2, 0.25) is 0 Å². The molecule has 2 aromatic carbocycles. The topological polar surface area (TPSA) is 79.7 Å². The Morgan fingerprint density at radius 2 is 1.83 bits per heavy atom. The predicted octanol–water partition coefficient (Wildman–Crippen LogP) is 4.51. The monoisotopic (exact) mass is 495 g/mol. The number of carbonyl (C=O) groups excluding carboxylic acids is 2. The molecule has 36 heavy (non-hydrogen) atoms. The van der Waals surface area contributed by atoms with Gasteiger partial charge in [-0.25, -0.2) is 13.6 Å². The summed E-state index contributed by atoms with van der Waals surface area (Å²) in [5.41, 5.74) is 2.70. The van der Waals surface area contributed by atoms with Gasteiger partial charge in [-0.2, -0.15) is 5.10 Å². The number of nitrogens with one attached hydrogen (secondary N) is 1. The number of nitrogens with zero attached hydrogens (tertiary/aromatic N) is 4. The number of anilines is 2. The number of halogens is 2. The maximum Gasteiger partial charge on any atom is 0.419 e. The molecule has 3 heterocycles. The molecule has 0 radical (unpaired) electrons. The number of rotatable bonds is 3. The van der Waals surface area contributed by atoms with Crippen molar-refractivity contribution in [2.75, 3.05) is 29.4 Å². The third kappa shape index (κ3) is 4.56. The zero-order chi connectivity index (χ0) is 25.4. The number of hydrogen-bond donors (Lipinski definition) is 1. The van der Waals surface area contributed by atoms with Gasteiger partial charge in [-0.1, -0.05) is 6.07 Å². The van der Waals surface area contributed by atoms with E-state index in [0.717, 1.165) is 49.2 Å². The molecule has 188 valence electrons. The summed E-state index contributed by atoms with van der Waals surface area (Å²) in [5.74, 6) is -2.27. The summed E-state index contributed by atoms with van der Waals surface area (Å²) >= 11 is 0. The van der Waals surface area contributed by atoms with Crippen LogP contribution in [0.5, 0.6) is 5.75 Å². The Balaban J connectivity index is 1.49. The van der Waals surface area contributed by atoms with Gasteiger partial charge in [-0.15, -0.1) is 0 Å². The molecule has 8 nitrogen and oxygen atoms in total. The van der Waals surface area contributed by atoms with Crippen molar-refractivity contribution >= 4 is 23.4 Å². The van der Waals surface area contributed by atoms with Gasteiger partial charge in [-0.3, -0.25) is 14.4 Å². The smallest absolute Gasteiger partial charge is 0.407 e. The number of ether oxygens (including phenoxy) is 1. The second kappa shape index (κ2) is 9.69. The molecule has 2 aliphatic rings. The van der Waals surface area contributed by atoms with Crippen molar-refractivity contribution in [2.24, 2.45) is 0 Å². The Kier molecular flexibility index (Phi) is 6.44. The number of benzene rings is 2. The molecule has 0 unspecified atom stereocenters. The minimum atomic E-state index is -0.974. The molecule has 1 atom stereocenters. The van der Waals surface area contributed by atoms with Crippen LogP contribution in [0.15, 0.2) is 48.8 Å². The molecular formula is C26H27F2N5O3. The molecule has 1 N–H and O–H groups in total. The molecule has 2 amide bonds. The highest BCUT2D eigenvalue weighted by atomic mass is 19.1. The maximum absolute atomic E-state index is 14.2. The van der Waals surface area contributed by atoms with Crippen molar-refractivity contribution in [3.8, 4) is 16.9 Å². The summed E-state index contributed by atoms with van der Waals surface area (Å²) in [6, 6.07) is 8.23. The Bertz CT molecular complexity index is 1300. The summed E-state index contributed by atoms with van der Waals surface area (Å²) in [7, 11) is 0. The lowest BCUT2D eigenvalue weighted by Gasteiger charge is -2.40. The highest BCUT2D eigenvalue weighted by molar-refractivity contribution is 6.03. The number of carbonyl (C=O) groups is 2. The van der Waals surface area contributed by atoms with Crippen LogP contribution < -0.4 is 19.9 Å². The largest absolute Gasteiger partial charge is 0.419 e. The minimum Gasteiger partial charge on any atom is -0.407 e. The van der Waals surface area contributed by atoms with Gasteiger partial charge in [0.1, 0.15) is 5.82 Å². The minimum absolute atomic E-state index is 0.145. The quantitative estimate of drug-likeness (QED) is 0.578. The first-order chi connectivity index (χ1) is 17.3. The van der Waals surface area contributed by atoms with Gasteiger partial charge >= 0.3 is 6.09 Å². The van der Waals surface area contributed by atoms with E-state index >= 15 is 0 Å². The molecule has 0 aliphatic carbocycles. The van der Waals surface area contributed by atoms with Crippen LogP contribution in [-0.4, -0.2) is 47.5 Å². The van der Waals surface area contributed by atoms with Crippen molar-refractivity contribution in [1.82, 2.24) is 15.1 Å². The van der Waals surface area contributed by atoms with Crippen molar-refractivity contribution in [3.63, 3.8) is 0 Å². The zero-order valence-electron chi connectivity index (χ0n) is 20.1. The van der Waals surface area contributed by atoms with E-state index in [9.17, 15) is 18.4 Å². The van der Waals surface area contributed by atoms with E-state index in [1.54, 1.807) is 17.2 Å². The second-order valence-electron chi connectivity index (χ2n) is 9.19. The van der Waals surface area contributed by atoms with Gasteiger partial charge < -0.3 is 15.0 Å². The molecule has 2 aliphatic heterocycles. The lowest BCUT2D eigenvalue weighted by Crippen LogP contribution is -2.52. The maximum atomic E-state index is 14.2. The lowest BCUT2D eigenvalue weighted by molar-refractivity contribution is -0.117. The number of aromatic nitrogens is 2. The van der Waals surface area contributed by atoms with Crippen LogP contribution in [0.1, 0.15) is 32.7 Å². The number of hydrogen-bond acceptors (Lipinski definition) is 5. The van der Waals surface area contributed by atoms with E-state index in [2.05, 4.69) is 10.4 Å². The predicted molar refractivity (Wildman–Crippen MR) is 131 cm³/mol. The summed E-state index contributed by atoms with van der Waals surface area (Å²) in [5, 5.41) is 7.91. The van der Waals surface area contributed by atoms with Crippen molar-refractivity contribution in [2.45, 2.75) is 38.8 Å². The van der Waals surface area contributed by atoms with E-state index in [1.165, 1.54) is 11.8 Å². The average molecular weight is 496 g/mol. The van der Waals surface area contributed by atoms with Crippen LogP contribution in [0.25, 0.3) is 11.1 Å². The fourth-order valence-corrected chi connectivity index (χ4v) is 4.92. The molecule has 0 bridgehead atoms. The van der Waals surface area contributed by atoms with E-state index < -0.39 is 17.7 Å². The third-order valence-corrected chi connectivity index (χ3v) is 6.68. The molecule has 0 saturated carbocycles. The van der Waals surface area contributed by atoms with Gasteiger partial charge in [0, 0.05) is 31.3 Å². The summed E-state index contributed by atoms with van der Waals surface area (Å²) in [6.45, 7) is 5.33. The zero-order valence-corrected chi connectivity index (χ0v) is 20.1. The SMILES string of the molecule is CC(=O)N1c2ccc(-c3cnn(C4CCNCC4)c3)cc2N(C(=O)Oc2ccc(F)cc2F)C[C@@H]1C. The number of amides is 2. The van der Waals surface area contributed by atoms with Gasteiger partial charge in [0.05, 0.1) is 29.7 Å². The lowest BCUT2D eigenvalue weighted by atomic mass is 10.0.